The van der Waals surface area contributed by atoms with Crippen LogP contribution in [0.5, 0.6) is 5.75 Å². The number of H-pyrrole nitrogens is 1. The normalized spacial score (nSPS) is 11.8. The predicted molar refractivity (Wildman–Crippen MR) is 95.6 cm³/mol. The Labute approximate surface area is 145 Å². The summed E-state index contributed by atoms with van der Waals surface area (Å²) < 4.78 is 44.8. The van der Waals surface area contributed by atoms with E-state index in [1.54, 1.807) is 0 Å². The maximum absolute atomic E-state index is 12.8. The summed E-state index contributed by atoms with van der Waals surface area (Å²) in [6, 6.07) is 13.2. The van der Waals surface area contributed by atoms with Gasteiger partial charge < -0.3 is 9.72 Å². The highest BCUT2D eigenvalue weighted by Gasteiger charge is 2.11. The summed E-state index contributed by atoms with van der Waals surface area (Å²) in [4.78, 5) is 3.23. The first-order valence-electron chi connectivity index (χ1n) is 7.85. The third-order valence-electron chi connectivity index (χ3n) is 3.75. The van der Waals surface area contributed by atoms with Gasteiger partial charge in [0.25, 0.3) is 0 Å². The molecular weight excluding hydrogens is 343 g/mol. The number of sulfonamides is 1. The van der Waals surface area contributed by atoms with Crippen LogP contribution in [0, 0.1) is 12.7 Å². The van der Waals surface area contributed by atoms with E-state index < -0.39 is 10.0 Å². The number of fused-ring (bicyclic) bond motifs is 1. The number of benzene rings is 2. The zero-order valence-corrected chi connectivity index (χ0v) is 14.6. The van der Waals surface area contributed by atoms with Gasteiger partial charge in [-0.1, -0.05) is 6.07 Å². The highest BCUT2D eigenvalue weighted by Crippen LogP contribution is 2.17. The van der Waals surface area contributed by atoms with E-state index >= 15 is 0 Å². The van der Waals surface area contributed by atoms with Crippen molar-refractivity contribution in [1.82, 2.24) is 9.71 Å². The van der Waals surface area contributed by atoms with Gasteiger partial charge in [0.2, 0.25) is 10.0 Å². The minimum atomic E-state index is -3.46. The van der Waals surface area contributed by atoms with Crippen molar-refractivity contribution >= 4 is 20.9 Å². The summed E-state index contributed by atoms with van der Waals surface area (Å²) in [5, 5.41) is 1.05. The molecule has 3 rings (SSSR count). The average molecular weight is 362 g/mol. The lowest BCUT2D eigenvalue weighted by molar-refractivity contribution is 0.339. The number of rotatable bonds is 7. The second-order valence-corrected chi connectivity index (χ2v) is 7.74. The van der Waals surface area contributed by atoms with Crippen molar-refractivity contribution in [2.75, 3.05) is 12.4 Å². The second kappa shape index (κ2) is 7.25. The SMILES string of the molecule is Cc1cc2cc(CNS(=O)(=O)CCOc3ccc(F)cc3)ccc2[nH]1. The molecule has 7 heteroatoms. The molecule has 1 heterocycles. The van der Waals surface area contributed by atoms with E-state index in [1.165, 1.54) is 24.3 Å². The fourth-order valence-corrected chi connectivity index (χ4v) is 3.34. The molecule has 2 aromatic carbocycles. The molecule has 0 spiro atoms. The number of hydrogen-bond donors (Lipinski definition) is 2. The Morgan fingerprint density at radius 3 is 2.64 bits per heavy atom. The highest BCUT2D eigenvalue weighted by molar-refractivity contribution is 7.89. The molecule has 0 saturated heterocycles. The summed E-state index contributed by atoms with van der Waals surface area (Å²) in [6.07, 6.45) is 0. The first-order valence-corrected chi connectivity index (χ1v) is 9.50. The van der Waals surface area contributed by atoms with E-state index in [-0.39, 0.29) is 24.7 Å². The number of aromatic nitrogens is 1. The smallest absolute Gasteiger partial charge is 0.215 e. The molecule has 5 nitrogen and oxygen atoms in total. The maximum atomic E-state index is 12.8. The van der Waals surface area contributed by atoms with E-state index in [0.29, 0.717) is 5.75 Å². The lowest BCUT2D eigenvalue weighted by atomic mass is 10.1. The lowest BCUT2D eigenvalue weighted by Crippen LogP contribution is -2.28. The van der Waals surface area contributed by atoms with Gasteiger partial charge in [-0.25, -0.2) is 17.5 Å². The average Bonchev–Trinajstić information content (AvgIpc) is 2.94. The van der Waals surface area contributed by atoms with Gasteiger partial charge in [-0.3, -0.25) is 0 Å². The molecule has 0 aliphatic carbocycles. The lowest BCUT2D eigenvalue weighted by Gasteiger charge is -2.09. The molecule has 0 fully saturated rings. The summed E-state index contributed by atoms with van der Waals surface area (Å²) in [5.41, 5.74) is 2.97. The van der Waals surface area contributed by atoms with Gasteiger partial charge >= 0.3 is 0 Å². The monoisotopic (exact) mass is 362 g/mol. The van der Waals surface area contributed by atoms with Crippen molar-refractivity contribution in [3.8, 4) is 5.75 Å². The van der Waals surface area contributed by atoms with Crippen LogP contribution in [-0.4, -0.2) is 25.8 Å². The van der Waals surface area contributed by atoms with Crippen molar-refractivity contribution in [3.05, 3.63) is 65.6 Å². The second-order valence-electron chi connectivity index (χ2n) is 5.82. The molecule has 0 aliphatic rings. The van der Waals surface area contributed by atoms with Crippen LogP contribution in [0.1, 0.15) is 11.3 Å². The Hall–Kier alpha value is -2.38. The third kappa shape index (κ3) is 4.80. The van der Waals surface area contributed by atoms with Crippen molar-refractivity contribution in [2.45, 2.75) is 13.5 Å². The van der Waals surface area contributed by atoms with Crippen molar-refractivity contribution in [1.29, 1.82) is 0 Å². The van der Waals surface area contributed by atoms with Gasteiger partial charge in [-0.15, -0.1) is 0 Å². The topological polar surface area (TPSA) is 71.2 Å². The Morgan fingerprint density at radius 2 is 1.88 bits per heavy atom. The summed E-state index contributed by atoms with van der Waals surface area (Å²) in [5.74, 6) is -0.100. The number of nitrogens with one attached hydrogen (secondary N) is 2. The van der Waals surface area contributed by atoms with Crippen LogP contribution in [0.25, 0.3) is 10.9 Å². The van der Waals surface area contributed by atoms with Crippen LogP contribution in [0.2, 0.25) is 0 Å². The predicted octanol–water partition coefficient (Wildman–Crippen LogP) is 3.11. The van der Waals surface area contributed by atoms with Crippen LogP contribution in [0.15, 0.2) is 48.5 Å². The zero-order chi connectivity index (χ0) is 17.9. The number of hydrogen-bond acceptors (Lipinski definition) is 3. The van der Waals surface area contributed by atoms with E-state index in [9.17, 15) is 12.8 Å². The fourth-order valence-electron chi connectivity index (χ4n) is 2.50. The molecule has 0 amide bonds. The number of aryl methyl sites for hydroxylation is 1. The van der Waals surface area contributed by atoms with Crippen LogP contribution < -0.4 is 9.46 Å². The quantitative estimate of drug-likeness (QED) is 0.678. The van der Waals surface area contributed by atoms with Crippen LogP contribution >= 0.6 is 0 Å². The Bertz CT molecular complexity index is 966. The maximum Gasteiger partial charge on any atom is 0.215 e. The molecule has 0 unspecified atom stereocenters. The van der Waals surface area contributed by atoms with Crippen LogP contribution in [0.3, 0.4) is 0 Å². The Kier molecular flexibility index (Phi) is 5.06. The van der Waals surface area contributed by atoms with E-state index in [4.69, 9.17) is 4.74 Å². The molecule has 132 valence electrons. The third-order valence-corrected chi connectivity index (χ3v) is 5.04. The first-order chi connectivity index (χ1) is 11.9. The number of aromatic amines is 1. The molecular formula is C18H19FN2O3S. The first kappa shape index (κ1) is 17.4. The molecule has 2 N–H and O–H groups in total. The van der Waals surface area contributed by atoms with Crippen molar-refractivity contribution in [3.63, 3.8) is 0 Å². The Morgan fingerprint density at radius 1 is 1.12 bits per heavy atom. The molecule has 0 bridgehead atoms. The van der Waals surface area contributed by atoms with Crippen LogP contribution in [-0.2, 0) is 16.6 Å². The fraction of sp³-hybridized carbons (Fsp3) is 0.222. The van der Waals surface area contributed by atoms with E-state index in [0.717, 1.165) is 22.2 Å². The van der Waals surface area contributed by atoms with Gasteiger partial charge in [-0.05, 0) is 60.3 Å². The molecule has 0 saturated carbocycles. The standard InChI is InChI=1S/C18H19FN2O3S/c1-13-10-15-11-14(2-7-18(15)21-13)12-20-25(22,23)9-8-24-17-5-3-16(19)4-6-17/h2-7,10-11,20-21H,8-9,12H2,1H3. The summed E-state index contributed by atoms with van der Waals surface area (Å²) in [7, 11) is -3.46. The van der Waals surface area contributed by atoms with Crippen LogP contribution in [0.4, 0.5) is 4.39 Å². The largest absolute Gasteiger partial charge is 0.492 e. The minimum Gasteiger partial charge on any atom is -0.492 e. The number of halogens is 1. The summed E-state index contributed by atoms with van der Waals surface area (Å²) in [6.45, 7) is 2.19. The molecule has 0 aliphatic heterocycles. The molecule has 0 radical (unpaired) electrons. The van der Waals surface area contributed by atoms with Gasteiger partial charge in [0.1, 0.15) is 18.2 Å². The van der Waals surface area contributed by atoms with E-state index in [2.05, 4.69) is 9.71 Å². The number of ether oxygens (including phenoxy) is 1. The summed E-state index contributed by atoms with van der Waals surface area (Å²) >= 11 is 0. The molecule has 0 atom stereocenters. The molecule has 25 heavy (non-hydrogen) atoms. The van der Waals surface area contributed by atoms with Gasteiger partial charge in [-0.2, -0.15) is 0 Å². The molecule has 3 aromatic rings. The zero-order valence-electron chi connectivity index (χ0n) is 13.8. The van der Waals surface area contributed by atoms with Gasteiger partial charge in [0, 0.05) is 17.8 Å². The van der Waals surface area contributed by atoms with Gasteiger partial charge in [0.15, 0.2) is 0 Å². The Balaban J connectivity index is 1.52. The molecule has 1 aromatic heterocycles. The minimum absolute atomic E-state index is 0.00297. The van der Waals surface area contributed by atoms with Crippen molar-refractivity contribution in [2.24, 2.45) is 0 Å². The van der Waals surface area contributed by atoms with E-state index in [1.807, 2.05) is 31.2 Å². The van der Waals surface area contributed by atoms with Gasteiger partial charge in [0.05, 0.1) is 5.75 Å². The van der Waals surface area contributed by atoms with Crippen molar-refractivity contribution < 1.29 is 17.5 Å². The highest BCUT2D eigenvalue weighted by atomic mass is 32.2.